The topological polar surface area (TPSA) is 21.3 Å². The van der Waals surface area contributed by atoms with Crippen molar-refractivity contribution in [2.45, 2.75) is 65.8 Å². The second kappa shape index (κ2) is 6.62. The minimum Gasteiger partial charge on any atom is -0.492 e. The Morgan fingerprint density at radius 1 is 1.10 bits per heavy atom. The monoisotopic (exact) mass is 277 g/mol. The Bertz CT molecular complexity index is 430. The third-order valence-corrected chi connectivity index (χ3v) is 3.79. The van der Waals surface area contributed by atoms with E-state index in [9.17, 15) is 0 Å². The minimum atomic E-state index is 0.109. The molecule has 2 heteroatoms. The van der Waals surface area contributed by atoms with Crippen LogP contribution in [0.15, 0.2) is 18.2 Å². The molecule has 0 aromatic heterocycles. The fourth-order valence-corrected chi connectivity index (χ4v) is 2.03. The van der Waals surface area contributed by atoms with E-state index in [-0.39, 0.29) is 11.0 Å². The van der Waals surface area contributed by atoms with Crippen LogP contribution in [0.5, 0.6) is 5.75 Å². The Kier molecular flexibility index (Phi) is 5.64. The van der Waals surface area contributed by atoms with E-state index in [0.717, 1.165) is 18.7 Å². The van der Waals surface area contributed by atoms with Gasteiger partial charge in [0.2, 0.25) is 0 Å². The molecule has 1 rings (SSSR count). The lowest BCUT2D eigenvalue weighted by molar-refractivity contribution is 0.276. The van der Waals surface area contributed by atoms with Crippen LogP contribution in [-0.4, -0.2) is 18.7 Å². The van der Waals surface area contributed by atoms with Crippen LogP contribution in [0.1, 0.15) is 59.1 Å². The number of ether oxygens (including phenoxy) is 1. The molecule has 0 aliphatic rings. The number of hydrogen-bond acceptors (Lipinski definition) is 2. The van der Waals surface area contributed by atoms with E-state index in [0.29, 0.717) is 6.61 Å². The first-order valence-corrected chi connectivity index (χ1v) is 7.65. The van der Waals surface area contributed by atoms with Crippen molar-refractivity contribution in [3.63, 3.8) is 0 Å². The van der Waals surface area contributed by atoms with Crippen LogP contribution < -0.4 is 10.1 Å². The van der Waals surface area contributed by atoms with E-state index in [1.54, 1.807) is 0 Å². The maximum absolute atomic E-state index is 6.00. The van der Waals surface area contributed by atoms with Gasteiger partial charge in [-0.05, 0) is 44.2 Å². The quantitative estimate of drug-likeness (QED) is 0.776. The number of benzene rings is 1. The summed E-state index contributed by atoms with van der Waals surface area (Å²) in [5.74, 6) is 1.01. The summed E-state index contributed by atoms with van der Waals surface area (Å²) in [5, 5.41) is 3.52. The van der Waals surface area contributed by atoms with E-state index in [1.807, 2.05) is 0 Å². The molecule has 0 aliphatic heterocycles. The number of rotatable bonds is 6. The van der Waals surface area contributed by atoms with Gasteiger partial charge in [0.25, 0.3) is 0 Å². The van der Waals surface area contributed by atoms with E-state index in [4.69, 9.17) is 4.74 Å². The lowest BCUT2D eigenvalue weighted by atomic mass is 9.85. The van der Waals surface area contributed by atoms with Gasteiger partial charge in [0.05, 0.1) is 0 Å². The van der Waals surface area contributed by atoms with Gasteiger partial charge >= 0.3 is 0 Å². The normalized spacial score (nSPS) is 12.6. The third kappa shape index (κ3) is 5.16. The van der Waals surface area contributed by atoms with E-state index < -0.39 is 0 Å². The first-order valence-electron chi connectivity index (χ1n) is 7.65. The lowest BCUT2D eigenvalue weighted by Crippen LogP contribution is -2.40. The molecule has 0 fully saturated rings. The van der Waals surface area contributed by atoms with Gasteiger partial charge in [-0.1, -0.05) is 45.4 Å². The highest BCUT2D eigenvalue weighted by atomic mass is 16.5. The largest absolute Gasteiger partial charge is 0.492 e. The summed E-state index contributed by atoms with van der Waals surface area (Å²) in [6.07, 6.45) is 1.12. The van der Waals surface area contributed by atoms with Crippen molar-refractivity contribution >= 4 is 0 Å². The zero-order chi connectivity index (χ0) is 15.4. The standard InChI is InChI=1S/C18H31NO/c1-8-18(6,7)19-11-12-20-16-10-9-14(2)13-15(16)17(3,4)5/h9-10,13,19H,8,11-12H2,1-7H3. The summed E-state index contributed by atoms with van der Waals surface area (Å²) in [7, 11) is 0. The fourth-order valence-electron chi connectivity index (χ4n) is 2.03. The number of hydrogen-bond donors (Lipinski definition) is 1. The molecule has 0 heterocycles. The smallest absolute Gasteiger partial charge is 0.123 e. The molecule has 0 saturated carbocycles. The molecule has 114 valence electrons. The molecule has 20 heavy (non-hydrogen) atoms. The van der Waals surface area contributed by atoms with Gasteiger partial charge in [-0.3, -0.25) is 0 Å². The van der Waals surface area contributed by atoms with Crippen LogP contribution >= 0.6 is 0 Å². The summed E-state index contributed by atoms with van der Waals surface area (Å²) < 4.78 is 6.00. The highest BCUT2D eigenvalue weighted by Crippen LogP contribution is 2.32. The second-order valence-electron chi connectivity index (χ2n) is 7.26. The molecular weight excluding hydrogens is 246 g/mol. The minimum absolute atomic E-state index is 0.109. The fraction of sp³-hybridized carbons (Fsp3) is 0.667. The summed E-state index contributed by atoms with van der Waals surface area (Å²) in [6.45, 7) is 17.0. The SMILES string of the molecule is CCC(C)(C)NCCOc1ccc(C)cc1C(C)(C)C. The molecule has 0 amide bonds. The lowest BCUT2D eigenvalue weighted by Gasteiger charge is -2.26. The molecule has 0 saturated heterocycles. The van der Waals surface area contributed by atoms with Gasteiger partial charge in [0.15, 0.2) is 0 Å². The average molecular weight is 277 g/mol. The van der Waals surface area contributed by atoms with Gasteiger partial charge in [0.1, 0.15) is 12.4 Å². The maximum atomic E-state index is 6.00. The molecule has 1 aromatic carbocycles. The van der Waals surface area contributed by atoms with Crippen LogP contribution in [0.3, 0.4) is 0 Å². The molecule has 2 nitrogen and oxygen atoms in total. The maximum Gasteiger partial charge on any atom is 0.123 e. The van der Waals surface area contributed by atoms with Crippen molar-refractivity contribution in [1.29, 1.82) is 0 Å². The van der Waals surface area contributed by atoms with Gasteiger partial charge in [-0.15, -0.1) is 0 Å². The zero-order valence-electron chi connectivity index (χ0n) is 14.3. The van der Waals surface area contributed by atoms with Crippen LogP contribution in [-0.2, 0) is 5.41 Å². The van der Waals surface area contributed by atoms with E-state index in [2.05, 4.69) is 72.0 Å². The molecule has 0 aliphatic carbocycles. The summed E-state index contributed by atoms with van der Waals surface area (Å²) in [5.41, 5.74) is 2.86. The Morgan fingerprint density at radius 3 is 2.30 bits per heavy atom. The predicted molar refractivity (Wildman–Crippen MR) is 87.7 cm³/mol. The molecule has 0 spiro atoms. The summed E-state index contributed by atoms with van der Waals surface area (Å²) in [6, 6.07) is 6.45. The van der Waals surface area contributed by atoms with Gasteiger partial charge < -0.3 is 10.1 Å². The third-order valence-electron chi connectivity index (χ3n) is 3.79. The number of nitrogens with one attached hydrogen (secondary N) is 1. The highest BCUT2D eigenvalue weighted by Gasteiger charge is 2.19. The van der Waals surface area contributed by atoms with Crippen molar-refractivity contribution in [2.75, 3.05) is 13.2 Å². The molecule has 0 unspecified atom stereocenters. The Labute approximate surface area is 124 Å². The highest BCUT2D eigenvalue weighted by molar-refractivity contribution is 5.41. The van der Waals surface area contributed by atoms with Gasteiger partial charge in [0, 0.05) is 12.1 Å². The van der Waals surface area contributed by atoms with Crippen LogP contribution in [0.4, 0.5) is 0 Å². The van der Waals surface area contributed by atoms with Crippen LogP contribution in [0.2, 0.25) is 0 Å². The van der Waals surface area contributed by atoms with E-state index in [1.165, 1.54) is 11.1 Å². The summed E-state index contributed by atoms with van der Waals surface area (Å²) >= 11 is 0. The summed E-state index contributed by atoms with van der Waals surface area (Å²) in [4.78, 5) is 0. The van der Waals surface area contributed by atoms with Gasteiger partial charge in [-0.2, -0.15) is 0 Å². The molecule has 1 aromatic rings. The molecular formula is C18H31NO. The van der Waals surface area contributed by atoms with Crippen molar-refractivity contribution in [2.24, 2.45) is 0 Å². The second-order valence-corrected chi connectivity index (χ2v) is 7.26. The molecule has 0 atom stereocenters. The van der Waals surface area contributed by atoms with Gasteiger partial charge in [-0.25, -0.2) is 0 Å². The zero-order valence-corrected chi connectivity index (χ0v) is 14.3. The van der Waals surface area contributed by atoms with Crippen molar-refractivity contribution in [3.8, 4) is 5.75 Å². The van der Waals surface area contributed by atoms with E-state index >= 15 is 0 Å². The first kappa shape index (κ1) is 17.0. The average Bonchev–Trinajstić information content (AvgIpc) is 2.35. The van der Waals surface area contributed by atoms with Crippen molar-refractivity contribution < 1.29 is 4.74 Å². The number of aryl methyl sites for hydroxylation is 1. The predicted octanol–water partition coefficient (Wildman–Crippen LogP) is 4.45. The first-order chi connectivity index (χ1) is 9.15. The Morgan fingerprint density at radius 2 is 1.75 bits per heavy atom. The Balaban J connectivity index is 2.65. The Hall–Kier alpha value is -1.02. The molecule has 0 radical (unpaired) electrons. The van der Waals surface area contributed by atoms with Crippen molar-refractivity contribution in [3.05, 3.63) is 29.3 Å². The van der Waals surface area contributed by atoms with Crippen LogP contribution in [0.25, 0.3) is 0 Å². The molecule has 0 bridgehead atoms. The van der Waals surface area contributed by atoms with Crippen LogP contribution in [0, 0.1) is 6.92 Å². The van der Waals surface area contributed by atoms with Crippen molar-refractivity contribution in [1.82, 2.24) is 5.32 Å². The molecule has 1 N–H and O–H groups in total.